The fourth-order valence-electron chi connectivity index (χ4n) is 2.40. The van der Waals surface area contributed by atoms with Gasteiger partial charge in [0.05, 0.1) is 5.56 Å². The second-order valence-electron chi connectivity index (χ2n) is 5.28. The molecule has 0 saturated carbocycles. The largest absolute Gasteiger partial charge is 0.398 e. The van der Waals surface area contributed by atoms with E-state index in [1.54, 1.807) is 12.1 Å². The minimum atomic E-state index is 0.0527. The third-order valence-corrected chi connectivity index (χ3v) is 4.19. The number of hydrogen-bond acceptors (Lipinski definition) is 2. The number of hydrogen-bond donors (Lipinski definition) is 1. The van der Waals surface area contributed by atoms with Crippen LogP contribution >= 0.6 is 15.9 Å². The lowest BCUT2D eigenvalue weighted by Gasteiger charge is -2.19. The Morgan fingerprint density at radius 2 is 2.22 bits per heavy atom. The lowest BCUT2D eigenvalue weighted by molar-refractivity contribution is 0.0785. The molecule has 1 aliphatic heterocycles. The number of anilines is 1. The second-order valence-corrected chi connectivity index (χ2v) is 6.19. The molecule has 1 aromatic rings. The summed E-state index contributed by atoms with van der Waals surface area (Å²) in [4.78, 5) is 14.3. The predicted octanol–water partition coefficient (Wildman–Crippen LogP) is 3.15. The molecule has 98 valence electrons. The molecule has 1 aliphatic rings. The topological polar surface area (TPSA) is 46.3 Å². The third-order valence-electron chi connectivity index (χ3n) is 3.70. The SMILES string of the molecule is CC(C)C1CCN(C(=O)c2cc(Br)ccc2N)C1. The predicted molar refractivity (Wildman–Crippen MR) is 77.4 cm³/mol. The number of benzene rings is 1. The highest BCUT2D eigenvalue weighted by Gasteiger charge is 2.29. The maximum Gasteiger partial charge on any atom is 0.255 e. The normalized spacial score (nSPS) is 19.6. The van der Waals surface area contributed by atoms with Crippen LogP contribution in [-0.2, 0) is 0 Å². The Kier molecular flexibility index (Phi) is 3.95. The number of halogens is 1. The summed E-state index contributed by atoms with van der Waals surface area (Å²) in [5.74, 6) is 1.29. The van der Waals surface area contributed by atoms with Crippen molar-refractivity contribution in [2.45, 2.75) is 20.3 Å². The number of nitrogens with zero attached hydrogens (tertiary/aromatic N) is 1. The van der Waals surface area contributed by atoms with Crippen molar-refractivity contribution in [1.82, 2.24) is 4.90 Å². The summed E-state index contributed by atoms with van der Waals surface area (Å²) in [6.45, 7) is 6.12. The first kappa shape index (κ1) is 13.4. The second kappa shape index (κ2) is 5.31. The summed E-state index contributed by atoms with van der Waals surface area (Å²) in [6.07, 6.45) is 1.09. The van der Waals surface area contributed by atoms with Crippen molar-refractivity contribution in [2.75, 3.05) is 18.8 Å². The maximum atomic E-state index is 12.4. The Balaban J connectivity index is 2.15. The van der Waals surface area contributed by atoms with Crippen LogP contribution in [0.2, 0.25) is 0 Å². The summed E-state index contributed by atoms with van der Waals surface area (Å²) in [7, 11) is 0. The fraction of sp³-hybridized carbons (Fsp3) is 0.500. The number of nitrogens with two attached hydrogens (primary N) is 1. The zero-order valence-electron chi connectivity index (χ0n) is 10.8. The zero-order valence-corrected chi connectivity index (χ0v) is 12.4. The molecule has 2 N–H and O–H groups in total. The fourth-order valence-corrected chi connectivity index (χ4v) is 2.76. The lowest BCUT2D eigenvalue weighted by Crippen LogP contribution is -2.30. The first-order valence-electron chi connectivity index (χ1n) is 6.33. The van der Waals surface area contributed by atoms with Gasteiger partial charge in [-0.25, -0.2) is 0 Å². The van der Waals surface area contributed by atoms with Crippen LogP contribution in [0, 0.1) is 11.8 Å². The van der Waals surface area contributed by atoms with Crippen molar-refractivity contribution in [2.24, 2.45) is 11.8 Å². The zero-order chi connectivity index (χ0) is 13.3. The van der Waals surface area contributed by atoms with Crippen molar-refractivity contribution in [3.8, 4) is 0 Å². The standard InChI is InChI=1S/C14H19BrN2O/c1-9(2)10-5-6-17(8-10)14(18)12-7-11(15)3-4-13(12)16/h3-4,7,9-10H,5-6,8,16H2,1-2H3. The van der Waals surface area contributed by atoms with Crippen LogP contribution in [0.4, 0.5) is 5.69 Å². The van der Waals surface area contributed by atoms with Gasteiger partial charge in [-0.2, -0.15) is 0 Å². The van der Waals surface area contributed by atoms with Crippen molar-refractivity contribution in [1.29, 1.82) is 0 Å². The third kappa shape index (κ3) is 2.69. The molecule has 0 aliphatic carbocycles. The van der Waals surface area contributed by atoms with Crippen LogP contribution in [0.5, 0.6) is 0 Å². The van der Waals surface area contributed by atoms with Gasteiger partial charge in [0.25, 0.3) is 5.91 Å². The average molecular weight is 311 g/mol. The van der Waals surface area contributed by atoms with Gasteiger partial charge in [0.1, 0.15) is 0 Å². The highest BCUT2D eigenvalue weighted by atomic mass is 79.9. The molecule has 4 heteroatoms. The van der Waals surface area contributed by atoms with Crippen LogP contribution in [0.1, 0.15) is 30.6 Å². The van der Waals surface area contributed by atoms with Gasteiger partial charge in [-0.1, -0.05) is 29.8 Å². The summed E-state index contributed by atoms with van der Waals surface area (Å²) in [5, 5.41) is 0. The van der Waals surface area contributed by atoms with E-state index in [0.29, 0.717) is 23.1 Å². The highest BCUT2D eigenvalue weighted by molar-refractivity contribution is 9.10. The van der Waals surface area contributed by atoms with Crippen LogP contribution < -0.4 is 5.73 Å². The average Bonchev–Trinajstić information content (AvgIpc) is 2.81. The van der Waals surface area contributed by atoms with Crippen molar-refractivity contribution in [3.63, 3.8) is 0 Å². The van der Waals surface area contributed by atoms with Crippen molar-refractivity contribution < 1.29 is 4.79 Å². The molecule has 0 radical (unpaired) electrons. The van der Waals surface area contributed by atoms with Crippen molar-refractivity contribution >= 4 is 27.5 Å². The molecule has 1 heterocycles. The molecular formula is C14H19BrN2O. The molecule has 2 rings (SSSR count). The Morgan fingerprint density at radius 3 is 2.83 bits per heavy atom. The van der Waals surface area contributed by atoms with E-state index in [0.717, 1.165) is 24.0 Å². The quantitative estimate of drug-likeness (QED) is 0.853. The molecule has 1 fully saturated rings. The molecule has 1 unspecified atom stereocenters. The van der Waals surface area contributed by atoms with Crippen molar-refractivity contribution in [3.05, 3.63) is 28.2 Å². The van der Waals surface area contributed by atoms with Crippen LogP contribution in [0.3, 0.4) is 0 Å². The number of likely N-dealkylation sites (tertiary alicyclic amines) is 1. The molecule has 0 aromatic heterocycles. The van der Waals surface area contributed by atoms with E-state index in [4.69, 9.17) is 5.73 Å². The van der Waals surface area contributed by atoms with E-state index >= 15 is 0 Å². The summed E-state index contributed by atoms with van der Waals surface area (Å²) in [5.41, 5.74) is 7.04. The summed E-state index contributed by atoms with van der Waals surface area (Å²) >= 11 is 3.38. The van der Waals surface area contributed by atoms with Gasteiger partial charge in [0.2, 0.25) is 0 Å². The Labute approximate surface area is 116 Å². The Hall–Kier alpha value is -1.03. The number of carbonyl (C=O) groups excluding carboxylic acids is 1. The molecule has 18 heavy (non-hydrogen) atoms. The lowest BCUT2D eigenvalue weighted by atomic mass is 9.95. The number of rotatable bonds is 2. The van der Waals surface area contributed by atoms with E-state index in [2.05, 4.69) is 29.8 Å². The molecular weight excluding hydrogens is 292 g/mol. The van der Waals surface area contributed by atoms with Gasteiger partial charge < -0.3 is 10.6 Å². The molecule has 0 spiro atoms. The van der Waals surface area contributed by atoms with E-state index in [-0.39, 0.29) is 5.91 Å². The molecule has 1 aromatic carbocycles. The minimum Gasteiger partial charge on any atom is -0.398 e. The smallest absolute Gasteiger partial charge is 0.255 e. The minimum absolute atomic E-state index is 0.0527. The maximum absolute atomic E-state index is 12.4. The monoisotopic (exact) mass is 310 g/mol. The Morgan fingerprint density at radius 1 is 1.50 bits per heavy atom. The summed E-state index contributed by atoms with van der Waals surface area (Å²) in [6, 6.07) is 5.43. The van der Waals surface area contributed by atoms with Gasteiger partial charge in [0, 0.05) is 23.2 Å². The van der Waals surface area contributed by atoms with Crippen LogP contribution in [0.25, 0.3) is 0 Å². The van der Waals surface area contributed by atoms with Gasteiger partial charge in [-0.05, 0) is 36.5 Å². The number of amides is 1. The van der Waals surface area contributed by atoms with Crippen LogP contribution in [0.15, 0.2) is 22.7 Å². The Bertz CT molecular complexity index is 459. The highest BCUT2D eigenvalue weighted by Crippen LogP contribution is 2.27. The van der Waals surface area contributed by atoms with Gasteiger partial charge >= 0.3 is 0 Å². The first-order valence-corrected chi connectivity index (χ1v) is 7.12. The van der Waals surface area contributed by atoms with Gasteiger partial charge in [-0.15, -0.1) is 0 Å². The summed E-state index contributed by atoms with van der Waals surface area (Å²) < 4.78 is 0.889. The number of carbonyl (C=O) groups is 1. The number of nitrogen functional groups attached to an aromatic ring is 1. The molecule has 3 nitrogen and oxygen atoms in total. The van der Waals surface area contributed by atoms with Crippen LogP contribution in [-0.4, -0.2) is 23.9 Å². The molecule has 0 bridgehead atoms. The first-order chi connectivity index (χ1) is 8.49. The van der Waals surface area contributed by atoms with E-state index in [9.17, 15) is 4.79 Å². The molecule has 1 amide bonds. The van der Waals surface area contributed by atoms with Gasteiger partial charge in [-0.3, -0.25) is 4.79 Å². The van der Waals surface area contributed by atoms with E-state index in [1.165, 1.54) is 0 Å². The van der Waals surface area contributed by atoms with E-state index < -0.39 is 0 Å². The van der Waals surface area contributed by atoms with Gasteiger partial charge in [0.15, 0.2) is 0 Å². The van der Waals surface area contributed by atoms with E-state index in [1.807, 2.05) is 11.0 Å². The molecule has 1 saturated heterocycles. The molecule has 1 atom stereocenters.